The molecule has 0 aliphatic carbocycles. The first-order valence-electron chi connectivity index (χ1n) is 9.09. The summed E-state index contributed by atoms with van der Waals surface area (Å²) in [5.41, 5.74) is 8.45. The third kappa shape index (κ3) is 4.30. The van der Waals surface area contributed by atoms with Gasteiger partial charge in [-0.3, -0.25) is 4.79 Å². The maximum Gasteiger partial charge on any atom is 0.276 e. The van der Waals surface area contributed by atoms with Gasteiger partial charge >= 0.3 is 0 Å². The zero-order valence-corrected chi connectivity index (χ0v) is 15.5. The van der Waals surface area contributed by atoms with Gasteiger partial charge in [0.2, 0.25) is 5.95 Å². The number of hydrogen-bond donors (Lipinski definition) is 2. The van der Waals surface area contributed by atoms with Gasteiger partial charge in [0.25, 0.3) is 5.91 Å². The zero-order chi connectivity index (χ0) is 20.2. The van der Waals surface area contributed by atoms with E-state index in [1.807, 2.05) is 0 Å². The quantitative estimate of drug-likeness (QED) is 0.517. The predicted octanol–water partition coefficient (Wildman–Crippen LogP) is 2.35. The maximum atomic E-state index is 13.0. The summed E-state index contributed by atoms with van der Waals surface area (Å²) in [6.45, 7) is 2.76. The van der Waals surface area contributed by atoms with E-state index >= 15 is 0 Å². The van der Waals surface area contributed by atoms with Crippen LogP contribution in [0.25, 0.3) is 11.1 Å². The Morgan fingerprint density at radius 3 is 2.55 bits per heavy atom. The summed E-state index contributed by atoms with van der Waals surface area (Å²) in [4.78, 5) is 18.3. The third-order valence-corrected chi connectivity index (χ3v) is 4.58. The highest BCUT2D eigenvalue weighted by atomic mass is 19.1. The summed E-state index contributed by atoms with van der Waals surface area (Å²) >= 11 is 0. The van der Waals surface area contributed by atoms with E-state index in [-0.39, 0.29) is 5.69 Å². The Hall–Kier alpha value is -3.59. The van der Waals surface area contributed by atoms with Crippen molar-refractivity contribution in [1.82, 2.24) is 15.2 Å². The van der Waals surface area contributed by atoms with E-state index in [4.69, 9.17) is 10.5 Å². The molecule has 1 aliphatic heterocycles. The summed E-state index contributed by atoms with van der Waals surface area (Å²) in [5, 5.41) is 10.9. The number of pyridine rings is 1. The number of ether oxygens (including phenoxy) is 1. The molecule has 9 heteroatoms. The molecule has 1 saturated heterocycles. The number of morpholine rings is 1. The number of rotatable bonds is 4. The van der Waals surface area contributed by atoms with E-state index < -0.39 is 11.9 Å². The lowest BCUT2D eigenvalue weighted by atomic mass is 10.1. The molecular weight excluding hydrogens is 375 g/mol. The van der Waals surface area contributed by atoms with Crippen LogP contribution in [0.2, 0.25) is 0 Å². The molecule has 8 nitrogen and oxygen atoms in total. The number of nitrogens with two attached hydrogens (primary N) is 1. The van der Waals surface area contributed by atoms with Crippen molar-refractivity contribution in [2.24, 2.45) is 0 Å². The monoisotopic (exact) mass is 394 g/mol. The molecule has 3 aromatic rings. The summed E-state index contributed by atoms with van der Waals surface area (Å²) in [6.07, 6.45) is 1.42. The Kier molecular flexibility index (Phi) is 5.30. The van der Waals surface area contributed by atoms with Crippen molar-refractivity contribution in [2.75, 3.05) is 42.3 Å². The van der Waals surface area contributed by atoms with Gasteiger partial charge in [0.1, 0.15) is 0 Å². The van der Waals surface area contributed by atoms with Gasteiger partial charge in [-0.1, -0.05) is 6.07 Å². The molecule has 0 radical (unpaired) electrons. The average Bonchev–Trinajstić information content (AvgIpc) is 2.76. The molecule has 0 unspecified atom stereocenters. The fraction of sp³-hybridized carbons (Fsp3) is 0.200. The summed E-state index contributed by atoms with van der Waals surface area (Å²) in [7, 11) is 0. The van der Waals surface area contributed by atoms with E-state index in [0.717, 1.165) is 18.7 Å². The van der Waals surface area contributed by atoms with Crippen molar-refractivity contribution < 1.29 is 13.9 Å². The van der Waals surface area contributed by atoms with E-state index in [9.17, 15) is 9.18 Å². The van der Waals surface area contributed by atoms with E-state index in [1.165, 1.54) is 12.3 Å². The lowest BCUT2D eigenvalue weighted by Crippen LogP contribution is -2.37. The van der Waals surface area contributed by atoms with Crippen LogP contribution >= 0.6 is 0 Å². The molecule has 1 aromatic carbocycles. The van der Waals surface area contributed by atoms with Crippen molar-refractivity contribution in [2.45, 2.75) is 0 Å². The van der Waals surface area contributed by atoms with Gasteiger partial charge in [-0.15, -0.1) is 10.2 Å². The molecule has 3 N–H and O–H groups in total. The molecule has 148 valence electrons. The number of anilines is 3. The standard InChI is InChI=1S/C20H19FN6O2/c21-18-5-2-14(12-23-18)13-1-3-15(22)17(11-13)24-20(28)16-4-6-19(26-25-16)27-7-9-29-10-8-27/h1-6,11-12H,7-10,22H2,(H,24,28). The molecule has 2 aromatic heterocycles. The topological polar surface area (TPSA) is 106 Å². The number of amides is 1. The second kappa shape index (κ2) is 8.19. The Labute approximate surface area is 166 Å². The second-order valence-electron chi connectivity index (χ2n) is 6.50. The molecule has 0 saturated carbocycles. The van der Waals surface area contributed by atoms with Crippen LogP contribution in [-0.2, 0) is 4.74 Å². The lowest BCUT2D eigenvalue weighted by molar-refractivity contribution is 0.102. The first-order chi connectivity index (χ1) is 14.1. The van der Waals surface area contributed by atoms with E-state index in [2.05, 4.69) is 25.4 Å². The van der Waals surface area contributed by atoms with Gasteiger partial charge in [-0.05, 0) is 42.0 Å². The molecule has 4 rings (SSSR count). The fourth-order valence-electron chi connectivity index (χ4n) is 2.98. The van der Waals surface area contributed by atoms with Crippen LogP contribution in [0, 0.1) is 5.95 Å². The van der Waals surface area contributed by atoms with Crippen molar-refractivity contribution in [3.8, 4) is 11.1 Å². The van der Waals surface area contributed by atoms with Crippen molar-refractivity contribution in [3.63, 3.8) is 0 Å². The molecule has 29 heavy (non-hydrogen) atoms. The first kappa shape index (κ1) is 18.8. The smallest absolute Gasteiger partial charge is 0.276 e. The minimum Gasteiger partial charge on any atom is -0.397 e. The predicted molar refractivity (Wildman–Crippen MR) is 107 cm³/mol. The first-order valence-corrected chi connectivity index (χ1v) is 9.09. The van der Waals surface area contributed by atoms with Crippen LogP contribution in [-0.4, -0.2) is 47.4 Å². The number of benzene rings is 1. The number of halogens is 1. The second-order valence-corrected chi connectivity index (χ2v) is 6.50. The Morgan fingerprint density at radius 2 is 1.86 bits per heavy atom. The minimum atomic E-state index is -0.558. The average molecular weight is 394 g/mol. The van der Waals surface area contributed by atoms with Gasteiger partial charge < -0.3 is 20.7 Å². The van der Waals surface area contributed by atoms with Crippen LogP contribution in [0.5, 0.6) is 0 Å². The highest BCUT2D eigenvalue weighted by Crippen LogP contribution is 2.27. The molecule has 1 aliphatic rings. The summed E-state index contributed by atoms with van der Waals surface area (Å²) < 4.78 is 18.4. The number of carbonyl (C=O) groups excluding carboxylic acids is 1. The van der Waals surface area contributed by atoms with Gasteiger partial charge in [0.15, 0.2) is 11.5 Å². The van der Waals surface area contributed by atoms with Crippen LogP contribution in [0.15, 0.2) is 48.7 Å². The Morgan fingerprint density at radius 1 is 1.07 bits per heavy atom. The van der Waals surface area contributed by atoms with Gasteiger partial charge in [0.05, 0.1) is 24.6 Å². The van der Waals surface area contributed by atoms with E-state index in [0.29, 0.717) is 36.0 Å². The zero-order valence-electron chi connectivity index (χ0n) is 15.5. The minimum absolute atomic E-state index is 0.176. The van der Waals surface area contributed by atoms with Crippen molar-refractivity contribution in [1.29, 1.82) is 0 Å². The summed E-state index contributed by atoms with van der Waals surface area (Å²) in [6, 6.07) is 11.4. The largest absolute Gasteiger partial charge is 0.397 e. The Balaban J connectivity index is 1.50. The van der Waals surface area contributed by atoms with Crippen LogP contribution in [0.3, 0.4) is 0 Å². The van der Waals surface area contributed by atoms with Crippen molar-refractivity contribution >= 4 is 23.1 Å². The highest BCUT2D eigenvalue weighted by molar-refractivity contribution is 6.04. The lowest BCUT2D eigenvalue weighted by Gasteiger charge is -2.27. The number of hydrogen-bond acceptors (Lipinski definition) is 7. The maximum absolute atomic E-state index is 13.0. The highest BCUT2D eigenvalue weighted by Gasteiger charge is 2.15. The number of aromatic nitrogens is 3. The fourth-order valence-corrected chi connectivity index (χ4v) is 2.98. The van der Waals surface area contributed by atoms with Crippen LogP contribution in [0.1, 0.15) is 10.5 Å². The molecule has 0 bridgehead atoms. The summed E-state index contributed by atoms with van der Waals surface area (Å²) in [5.74, 6) is -0.279. The van der Waals surface area contributed by atoms with Crippen LogP contribution in [0.4, 0.5) is 21.6 Å². The van der Waals surface area contributed by atoms with Gasteiger partial charge in [0, 0.05) is 24.8 Å². The SMILES string of the molecule is Nc1ccc(-c2ccc(F)nc2)cc1NC(=O)c1ccc(N2CCOCC2)nn1. The third-order valence-electron chi connectivity index (χ3n) is 4.58. The molecule has 0 atom stereocenters. The molecule has 3 heterocycles. The van der Waals surface area contributed by atoms with Crippen molar-refractivity contribution in [3.05, 3.63) is 60.3 Å². The molecule has 1 fully saturated rings. The molecule has 1 amide bonds. The van der Waals surface area contributed by atoms with Gasteiger partial charge in [-0.2, -0.15) is 4.39 Å². The van der Waals surface area contributed by atoms with Gasteiger partial charge in [-0.25, -0.2) is 4.98 Å². The number of nitrogens with one attached hydrogen (secondary N) is 1. The van der Waals surface area contributed by atoms with E-state index in [1.54, 1.807) is 36.4 Å². The molecule has 0 spiro atoms. The number of nitrogen functional groups attached to an aromatic ring is 1. The Bertz CT molecular complexity index is 1000. The van der Waals surface area contributed by atoms with Crippen LogP contribution < -0.4 is 16.0 Å². The molecular formula is C20H19FN6O2. The normalized spacial score (nSPS) is 13.9. The number of carbonyl (C=O) groups is 1. The number of nitrogens with zero attached hydrogens (tertiary/aromatic N) is 4.